The van der Waals surface area contributed by atoms with E-state index in [-0.39, 0.29) is 17.9 Å². The van der Waals surface area contributed by atoms with Gasteiger partial charge in [-0.25, -0.2) is 9.97 Å². The van der Waals surface area contributed by atoms with Crippen LogP contribution in [0, 0.1) is 0 Å². The first-order valence-corrected chi connectivity index (χ1v) is 12.7. The van der Waals surface area contributed by atoms with E-state index in [4.69, 9.17) is 0 Å². The summed E-state index contributed by atoms with van der Waals surface area (Å²) in [5.74, 6) is -0.135. The maximum Gasteiger partial charge on any atom is 0.262 e. The summed E-state index contributed by atoms with van der Waals surface area (Å²) in [7, 11) is 0. The van der Waals surface area contributed by atoms with Crippen molar-refractivity contribution in [3.05, 3.63) is 69.2 Å². The predicted octanol–water partition coefficient (Wildman–Crippen LogP) is 4.74. The van der Waals surface area contributed by atoms with Crippen LogP contribution in [0.5, 0.6) is 0 Å². The highest BCUT2D eigenvalue weighted by Crippen LogP contribution is 2.33. The second-order valence-electron chi connectivity index (χ2n) is 8.23. The van der Waals surface area contributed by atoms with Gasteiger partial charge in [-0.15, -0.1) is 22.7 Å². The van der Waals surface area contributed by atoms with Gasteiger partial charge in [-0.1, -0.05) is 12.1 Å². The highest BCUT2D eigenvalue weighted by Gasteiger charge is 2.20. The van der Waals surface area contributed by atoms with Gasteiger partial charge in [0, 0.05) is 46.9 Å². The van der Waals surface area contributed by atoms with Crippen LogP contribution in [-0.4, -0.2) is 24.8 Å². The van der Waals surface area contributed by atoms with E-state index in [0.29, 0.717) is 6.54 Å². The number of carbonyl (C=O) groups is 1. The summed E-state index contributed by atoms with van der Waals surface area (Å²) < 4.78 is 3.56. The predicted molar refractivity (Wildman–Crippen MR) is 132 cm³/mol. The Kier molecular flexibility index (Phi) is 5.07. The molecule has 1 aromatic carbocycles. The van der Waals surface area contributed by atoms with Gasteiger partial charge < -0.3 is 5.32 Å². The number of fused-ring (bicyclic) bond motifs is 4. The topological polar surface area (TPSA) is 81.3 Å². The molecule has 1 aliphatic carbocycles. The average molecular weight is 476 g/mol. The number of thiazole rings is 1. The number of anilines is 1. The molecule has 1 aliphatic rings. The van der Waals surface area contributed by atoms with Crippen LogP contribution >= 0.6 is 22.7 Å². The minimum atomic E-state index is -0.135. The van der Waals surface area contributed by atoms with Crippen molar-refractivity contribution in [3.8, 4) is 11.3 Å². The molecule has 0 fully saturated rings. The van der Waals surface area contributed by atoms with Crippen LogP contribution in [0.3, 0.4) is 0 Å². The third kappa shape index (κ3) is 3.77. The van der Waals surface area contributed by atoms with E-state index >= 15 is 0 Å². The number of nitrogens with one attached hydrogen (secondary N) is 1. The van der Waals surface area contributed by atoms with Gasteiger partial charge in [0.05, 0.1) is 17.4 Å². The van der Waals surface area contributed by atoms with E-state index in [2.05, 4.69) is 15.3 Å². The molecule has 1 amide bonds. The minimum Gasteiger partial charge on any atom is -0.326 e. The van der Waals surface area contributed by atoms with Crippen molar-refractivity contribution in [1.29, 1.82) is 0 Å². The third-order valence-electron chi connectivity index (χ3n) is 6.08. The summed E-state index contributed by atoms with van der Waals surface area (Å²) in [6, 6.07) is 7.64. The molecule has 5 aromatic rings. The molecule has 0 atom stereocenters. The number of imidazole rings is 1. The first-order chi connectivity index (χ1) is 16.2. The molecular weight excluding hydrogens is 454 g/mol. The minimum absolute atomic E-state index is 0.0310. The molecule has 0 spiro atoms. The number of nitrogens with zero attached hydrogens (tertiary/aromatic N) is 4. The van der Waals surface area contributed by atoms with Gasteiger partial charge in [-0.3, -0.25) is 18.6 Å². The van der Waals surface area contributed by atoms with E-state index < -0.39 is 0 Å². The number of carbonyl (C=O) groups excluding carboxylic acids is 1. The zero-order chi connectivity index (χ0) is 22.4. The molecule has 9 heteroatoms. The van der Waals surface area contributed by atoms with Crippen molar-refractivity contribution in [2.45, 2.75) is 38.6 Å². The van der Waals surface area contributed by atoms with Gasteiger partial charge >= 0.3 is 0 Å². The Morgan fingerprint density at radius 2 is 2.00 bits per heavy atom. The molecule has 7 nitrogen and oxygen atoms in total. The highest BCUT2D eigenvalue weighted by atomic mass is 32.1. The second-order valence-corrected chi connectivity index (χ2v) is 10.2. The zero-order valence-corrected chi connectivity index (χ0v) is 19.4. The number of thiophene rings is 1. The molecule has 0 aliphatic heterocycles. The molecule has 4 heterocycles. The number of hydrogen-bond acceptors (Lipinski definition) is 6. The molecule has 166 valence electrons. The van der Waals surface area contributed by atoms with E-state index in [1.165, 1.54) is 16.9 Å². The second kappa shape index (κ2) is 8.24. The third-order valence-corrected chi connectivity index (χ3v) is 8.05. The molecule has 0 bridgehead atoms. The van der Waals surface area contributed by atoms with Crippen LogP contribution in [0.4, 0.5) is 5.69 Å². The van der Waals surface area contributed by atoms with Gasteiger partial charge in [-0.05, 0) is 43.4 Å². The first-order valence-electron chi connectivity index (χ1n) is 11.0. The fourth-order valence-corrected chi connectivity index (χ4v) is 6.30. The molecule has 0 saturated carbocycles. The van der Waals surface area contributed by atoms with E-state index in [9.17, 15) is 9.59 Å². The number of benzene rings is 1. The van der Waals surface area contributed by atoms with E-state index in [1.54, 1.807) is 33.6 Å². The maximum atomic E-state index is 13.0. The van der Waals surface area contributed by atoms with Crippen LogP contribution in [0.15, 0.2) is 53.2 Å². The summed E-state index contributed by atoms with van der Waals surface area (Å²) in [5.41, 5.74) is 3.76. The quantitative estimate of drug-likeness (QED) is 0.398. The molecule has 33 heavy (non-hydrogen) atoms. The lowest BCUT2D eigenvalue weighted by atomic mass is 9.97. The lowest BCUT2D eigenvalue weighted by Crippen LogP contribution is -2.24. The smallest absolute Gasteiger partial charge is 0.262 e. The molecule has 0 unspecified atom stereocenters. The van der Waals surface area contributed by atoms with Crippen LogP contribution < -0.4 is 10.9 Å². The molecule has 0 saturated heterocycles. The van der Waals surface area contributed by atoms with Gasteiger partial charge in [0.2, 0.25) is 5.91 Å². The highest BCUT2D eigenvalue weighted by molar-refractivity contribution is 7.18. The first kappa shape index (κ1) is 20.3. The van der Waals surface area contributed by atoms with Crippen LogP contribution in [-0.2, 0) is 24.2 Å². The summed E-state index contributed by atoms with van der Waals surface area (Å²) in [5, 5.41) is 5.68. The van der Waals surface area contributed by atoms with Gasteiger partial charge in [0.15, 0.2) is 4.96 Å². The SMILES string of the molecule is O=C(CCn1cnc2sc3c(c2c1=O)CCCC3)Nc1ccc(-c2cn3ccsc3n2)cc1. The fraction of sp³-hybridized carbons (Fsp3) is 0.250. The average Bonchev–Trinajstić information content (AvgIpc) is 3.52. The number of aryl methyl sites for hydroxylation is 3. The molecule has 4 aromatic heterocycles. The van der Waals surface area contributed by atoms with Crippen molar-refractivity contribution in [2.24, 2.45) is 0 Å². The Bertz CT molecular complexity index is 1510. The van der Waals surface area contributed by atoms with Gasteiger partial charge in [0.25, 0.3) is 5.56 Å². The molecule has 0 radical (unpaired) electrons. The summed E-state index contributed by atoms with van der Waals surface area (Å²) in [4.78, 5) is 37.7. The van der Waals surface area contributed by atoms with Crippen LogP contribution in [0.2, 0.25) is 0 Å². The van der Waals surface area contributed by atoms with Crippen LogP contribution in [0.1, 0.15) is 29.7 Å². The number of rotatable bonds is 5. The number of aromatic nitrogens is 4. The lowest BCUT2D eigenvalue weighted by molar-refractivity contribution is -0.116. The Morgan fingerprint density at radius 1 is 1.15 bits per heavy atom. The molecule has 1 N–H and O–H groups in total. The Morgan fingerprint density at radius 3 is 2.85 bits per heavy atom. The van der Waals surface area contributed by atoms with E-state index in [1.807, 2.05) is 46.4 Å². The fourth-order valence-electron chi connectivity index (χ4n) is 4.38. The van der Waals surface area contributed by atoms with Crippen molar-refractivity contribution < 1.29 is 4.79 Å². The number of hydrogen-bond donors (Lipinski definition) is 1. The molecular formula is C24H21N5O2S2. The zero-order valence-electron chi connectivity index (χ0n) is 17.8. The Balaban J connectivity index is 1.13. The van der Waals surface area contributed by atoms with Crippen molar-refractivity contribution in [1.82, 2.24) is 18.9 Å². The number of amides is 1. The monoisotopic (exact) mass is 475 g/mol. The van der Waals surface area contributed by atoms with Crippen molar-refractivity contribution in [3.63, 3.8) is 0 Å². The maximum absolute atomic E-state index is 13.0. The summed E-state index contributed by atoms with van der Waals surface area (Å²) in [6.07, 6.45) is 10.0. The van der Waals surface area contributed by atoms with Crippen LogP contribution in [0.25, 0.3) is 26.4 Å². The summed E-state index contributed by atoms with van der Waals surface area (Å²) in [6.45, 7) is 0.307. The van der Waals surface area contributed by atoms with Gasteiger partial charge in [-0.2, -0.15) is 0 Å². The normalized spacial score (nSPS) is 13.5. The standard InChI is InChI=1S/C24H21N5O2S2/c30-20(26-16-7-5-15(6-8-16)18-13-28-11-12-32-24(28)27-18)9-10-29-14-25-22-21(23(29)31)17-3-1-2-4-19(17)33-22/h5-8,11-14H,1-4,9-10H2,(H,26,30). The van der Waals surface area contributed by atoms with Crippen molar-refractivity contribution >= 4 is 49.4 Å². The largest absolute Gasteiger partial charge is 0.326 e. The van der Waals surface area contributed by atoms with Gasteiger partial charge in [0.1, 0.15) is 4.83 Å². The van der Waals surface area contributed by atoms with Crippen molar-refractivity contribution in [2.75, 3.05) is 5.32 Å². The lowest BCUT2D eigenvalue weighted by Gasteiger charge is -2.10. The molecule has 6 rings (SSSR count). The Hall–Kier alpha value is -3.30. The van der Waals surface area contributed by atoms with E-state index in [0.717, 1.165) is 51.4 Å². The summed E-state index contributed by atoms with van der Waals surface area (Å²) >= 11 is 3.23. The Labute approximate surface area is 197 Å².